The lowest BCUT2D eigenvalue weighted by Crippen LogP contribution is -2.58. The fourth-order valence-electron chi connectivity index (χ4n) is 3.55. The third kappa shape index (κ3) is 1.10. The van der Waals surface area contributed by atoms with Gasteiger partial charge in [-0.3, -0.25) is 0 Å². The van der Waals surface area contributed by atoms with Crippen molar-refractivity contribution < 1.29 is 4.74 Å². The highest BCUT2D eigenvalue weighted by Crippen LogP contribution is 2.60. The molecule has 1 heteroatoms. The van der Waals surface area contributed by atoms with Gasteiger partial charge in [0.15, 0.2) is 0 Å². The molecule has 0 N–H and O–H groups in total. The van der Waals surface area contributed by atoms with Gasteiger partial charge in [-0.05, 0) is 30.7 Å². The number of hydrogen-bond acceptors (Lipinski definition) is 1. The topological polar surface area (TPSA) is 9.23 Å². The third-order valence-corrected chi connectivity index (χ3v) is 4.87. The normalized spacial score (nSPS) is 35.6. The van der Waals surface area contributed by atoms with E-state index in [4.69, 9.17) is 4.74 Å². The largest absolute Gasteiger partial charge is 0.376 e. The standard InChI is InChI=1S/C15H20O/c1-11-4-6-12(7-5-11)15-10-16-13(15)8-9-14(15,2)3/h4-7,13H,8-10H2,1-3H3. The van der Waals surface area contributed by atoms with Crippen molar-refractivity contribution in [1.29, 1.82) is 0 Å². The highest BCUT2D eigenvalue weighted by molar-refractivity contribution is 5.37. The summed E-state index contributed by atoms with van der Waals surface area (Å²) in [7, 11) is 0. The van der Waals surface area contributed by atoms with Crippen molar-refractivity contribution >= 4 is 0 Å². The van der Waals surface area contributed by atoms with E-state index in [1.165, 1.54) is 24.0 Å². The van der Waals surface area contributed by atoms with Crippen LogP contribution in [0.5, 0.6) is 0 Å². The van der Waals surface area contributed by atoms with Gasteiger partial charge in [0.25, 0.3) is 0 Å². The molecule has 1 saturated heterocycles. The van der Waals surface area contributed by atoms with E-state index < -0.39 is 0 Å². The van der Waals surface area contributed by atoms with E-state index in [9.17, 15) is 0 Å². The summed E-state index contributed by atoms with van der Waals surface area (Å²) in [6.07, 6.45) is 2.97. The molecular formula is C15H20O. The molecule has 2 aliphatic rings. The lowest BCUT2D eigenvalue weighted by atomic mass is 9.61. The zero-order valence-electron chi connectivity index (χ0n) is 10.4. The highest BCUT2D eigenvalue weighted by Gasteiger charge is 2.62. The van der Waals surface area contributed by atoms with E-state index >= 15 is 0 Å². The maximum absolute atomic E-state index is 5.78. The van der Waals surface area contributed by atoms with Crippen LogP contribution >= 0.6 is 0 Å². The molecule has 2 unspecified atom stereocenters. The number of hydrogen-bond donors (Lipinski definition) is 0. The van der Waals surface area contributed by atoms with Crippen LogP contribution in [0.2, 0.25) is 0 Å². The molecule has 86 valence electrons. The second kappa shape index (κ2) is 3.10. The fourth-order valence-corrected chi connectivity index (χ4v) is 3.55. The van der Waals surface area contributed by atoms with Crippen LogP contribution in [0, 0.1) is 12.3 Å². The smallest absolute Gasteiger partial charge is 0.0699 e. The summed E-state index contributed by atoms with van der Waals surface area (Å²) in [6, 6.07) is 9.07. The summed E-state index contributed by atoms with van der Waals surface area (Å²) in [6.45, 7) is 7.86. The monoisotopic (exact) mass is 216 g/mol. The molecule has 1 nitrogen and oxygen atoms in total. The molecule has 1 aromatic carbocycles. The first-order valence-corrected chi connectivity index (χ1v) is 6.25. The Morgan fingerprint density at radius 1 is 1.19 bits per heavy atom. The van der Waals surface area contributed by atoms with Crippen molar-refractivity contribution in [2.24, 2.45) is 5.41 Å². The predicted octanol–water partition coefficient (Wildman–Crippen LogP) is 3.45. The van der Waals surface area contributed by atoms with Crippen molar-refractivity contribution in [3.63, 3.8) is 0 Å². The molecule has 0 radical (unpaired) electrons. The second-order valence-corrected chi connectivity index (χ2v) is 6.06. The van der Waals surface area contributed by atoms with Crippen LogP contribution in [0.3, 0.4) is 0 Å². The first-order valence-electron chi connectivity index (χ1n) is 6.25. The molecule has 3 rings (SSSR count). The first kappa shape index (κ1) is 10.3. The summed E-state index contributed by atoms with van der Waals surface area (Å²) in [5.41, 5.74) is 3.50. The molecule has 0 spiro atoms. The van der Waals surface area contributed by atoms with Crippen LogP contribution in [-0.4, -0.2) is 12.7 Å². The van der Waals surface area contributed by atoms with Crippen molar-refractivity contribution in [2.45, 2.75) is 45.1 Å². The van der Waals surface area contributed by atoms with Crippen molar-refractivity contribution in [3.8, 4) is 0 Å². The summed E-state index contributed by atoms with van der Waals surface area (Å²) >= 11 is 0. The molecular weight excluding hydrogens is 196 g/mol. The molecule has 2 atom stereocenters. The van der Waals surface area contributed by atoms with Gasteiger partial charge in [-0.15, -0.1) is 0 Å². The van der Waals surface area contributed by atoms with Crippen LogP contribution in [-0.2, 0) is 10.2 Å². The Morgan fingerprint density at radius 3 is 2.38 bits per heavy atom. The number of fused-ring (bicyclic) bond motifs is 1. The highest BCUT2D eigenvalue weighted by atomic mass is 16.5. The van der Waals surface area contributed by atoms with Crippen molar-refractivity contribution in [2.75, 3.05) is 6.61 Å². The molecule has 1 aromatic rings. The molecule has 1 aliphatic heterocycles. The number of rotatable bonds is 1. The van der Waals surface area contributed by atoms with Crippen molar-refractivity contribution in [1.82, 2.24) is 0 Å². The zero-order valence-corrected chi connectivity index (χ0v) is 10.4. The van der Waals surface area contributed by atoms with Crippen LogP contribution in [0.4, 0.5) is 0 Å². The summed E-state index contributed by atoms with van der Waals surface area (Å²) in [4.78, 5) is 0. The van der Waals surface area contributed by atoms with Gasteiger partial charge in [0, 0.05) is 5.41 Å². The van der Waals surface area contributed by atoms with Gasteiger partial charge in [0.1, 0.15) is 0 Å². The Bertz CT molecular complexity index is 404. The molecule has 0 aromatic heterocycles. The van der Waals surface area contributed by atoms with E-state index in [0.717, 1.165) is 6.61 Å². The fraction of sp³-hybridized carbons (Fsp3) is 0.600. The Kier molecular flexibility index (Phi) is 2.00. The SMILES string of the molecule is Cc1ccc(C23COC2CCC3(C)C)cc1. The van der Waals surface area contributed by atoms with E-state index in [1.807, 2.05) is 0 Å². The van der Waals surface area contributed by atoms with E-state index in [0.29, 0.717) is 16.9 Å². The molecule has 0 amide bonds. The molecule has 1 heterocycles. The molecule has 1 aliphatic carbocycles. The molecule has 0 bridgehead atoms. The Balaban J connectivity index is 2.07. The van der Waals surface area contributed by atoms with Gasteiger partial charge in [-0.2, -0.15) is 0 Å². The van der Waals surface area contributed by atoms with Gasteiger partial charge in [-0.25, -0.2) is 0 Å². The van der Waals surface area contributed by atoms with E-state index in [2.05, 4.69) is 45.0 Å². The van der Waals surface area contributed by atoms with Gasteiger partial charge in [0.2, 0.25) is 0 Å². The zero-order chi connectivity index (χ0) is 11.4. The van der Waals surface area contributed by atoms with Crippen LogP contribution in [0.1, 0.15) is 37.8 Å². The molecule has 1 saturated carbocycles. The third-order valence-electron chi connectivity index (χ3n) is 4.87. The van der Waals surface area contributed by atoms with Crippen LogP contribution in [0.15, 0.2) is 24.3 Å². The van der Waals surface area contributed by atoms with Crippen molar-refractivity contribution in [3.05, 3.63) is 35.4 Å². The number of benzene rings is 1. The van der Waals surface area contributed by atoms with E-state index in [1.54, 1.807) is 0 Å². The van der Waals surface area contributed by atoms with Gasteiger partial charge in [0.05, 0.1) is 12.7 Å². The lowest BCUT2D eigenvalue weighted by molar-refractivity contribution is -0.152. The average molecular weight is 216 g/mol. The first-order chi connectivity index (χ1) is 7.56. The molecule has 2 fully saturated rings. The minimum atomic E-state index is 0.292. The van der Waals surface area contributed by atoms with Gasteiger partial charge in [-0.1, -0.05) is 43.7 Å². The second-order valence-electron chi connectivity index (χ2n) is 6.06. The minimum absolute atomic E-state index is 0.292. The lowest BCUT2D eigenvalue weighted by Gasteiger charge is -2.52. The van der Waals surface area contributed by atoms with E-state index in [-0.39, 0.29) is 0 Å². The maximum Gasteiger partial charge on any atom is 0.0699 e. The summed E-state index contributed by atoms with van der Waals surface area (Å²) in [5, 5.41) is 0. The van der Waals surface area contributed by atoms with Gasteiger partial charge < -0.3 is 4.74 Å². The predicted molar refractivity (Wildman–Crippen MR) is 65.6 cm³/mol. The Hall–Kier alpha value is -0.820. The Morgan fingerprint density at radius 2 is 1.88 bits per heavy atom. The van der Waals surface area contributed by atoms with Crippen LogP contribution < -0.4 is 0 Å². The molecule has 16 heavy (non-hydrogen) atoms. The quantitative estimate of drug-likeness (QED) is 0.698. The van der Waals surface area contributed by atoms with Crippen LogP contribution in [0.25, 0.3) is 0 Å². The number of ether oxygens (including phenoxy) is 1. The van der Waals surface area contributed by atoms with Gasteiger partial charge >= 0.3 is 0 Å². The average Bonchev–Trinajstić information content (AvgIpc) is 2.36. The minimum Gasteiger partial charge on any atom is -0.376 e. The Labute approximate surface area is 97.8 Å². The maximum atomic E-state index is 5.78. The summed E-state index contributed by atoms with van der Waals surface area (Å²) in [5.74, 6) is 0. The summed E-state index contributed by atoms with van der Waals surface area (Å²) < 4.78 is 5.78. The number of aryl methyl sites for hydroxylation is 1.